The van der Waals surface area contributed by atoms with Crippen molar-refractivity contribution in [3.8, 4) is 11.1 Å². The zero-order chi connectivity index (χ0) is 25.2. The maximum Gasteiger partial charge on any atom is 0.416 e. The molecule has 35 heavy (non-hydrogen) atoms. The standard InChI is InChI=1S/C28H27F3N2O2/c1-18(2)15-26(34)33-14-13-20-16-23(12-9-21(20)17-33)32-27(35)25-6-4-3-5-24(25)19-7-10-22(11-8-19)28(29,30)31/h3-12,16,18H,13-15,17H2,1-2H3,(H,32,35). The Bertz CT molecular complexity index is 1230. The molecule has 0 fully saturated rings. The topological polar surface area (TPSA) is 49.4 Å². The lowest BCUT2D eigenvalue weighted by atomic mass is 9.97. The molecule has 3 aromatic rings. The summed E-state index contributed by atoms with van der Waals surface area (Å²) in [6, 6.07) is 17.3. The van der Waals surface area contributed by atoms with Gasteiger partial charge < -0.3 is 10.2 Å². The van der Waals surface area contributed by atoms with Crippen LogP contribution < -0.4 is 5.32 Å². The Balaban J connectivity index is 1.50. The van der Waals surface area contributed by atoms with E-state index in [0.29, 0.717) is 54.2 Å². The molecule has 0 saturated heterocycles. The van der Waals surface area contributed by atoms with E-state index in [4.69, 9.17) is 0 Å². The molecule has 0 bridgehead atoms. The van der Waals surface area contributed by atoms with E-state index in [1.165, 1.54) is 12.1 Å². The molecular weight excluding hydrogens is 453 g/mol. The summed E-state index contributed by atoms with van der Waals surface area (Å²) in [4.78, 5) is 27.4. The maximum absolute atomic E-state index is 13.1. The normalized spacial score (nSPS) is 13.5. The Morgan fingerprint density at radius 3 is 2.37 bits per heavy atom. The van der Waals surface area contributed by atoms with Gasteiger partial charge >= 0.3 is 6.18 Å². The van der Waals surface area contributed by atoms with Crippen LogP contribution in [0, 0.1) is 5.92 Å². The number of hydrogen-bond donors (Lipinski definition) is 1. The van der Waals surface area contributed by atoms with Crippen LogP contribution in [-0.4, -0.2) is 23.3 Å². The number of hydrogen-bond acceptors (Lipinski definition) is 2. The molecule has 0 spiro atoms. The van der Waals surface area contributed by atoms with Gasteiger partial charge in [-0.15, -0.1) is 0 Å². The third-order valence-corrected chi connectivity index (χ3v) is 6.11. The number of rotatable bonds is 5. The SMILES string of the molecule is CC(C)CC(=O)N1CCc2cc(NC(=O)c3ccccc3-c3ccc(C(F)(F)F)cc3)ccc2C1. The largest absolute Gasteiger partial charge is 0.416 e. The minimum atomic E-state index is -4.42. The number of benzene rings is 3. The Morgan fingerprint density at radius 1 is 0.971 bits per heavy atom. The minimum absolute atomic E-state index is 0.155. The summed E-state index contributed by atoms with van der Waals surface area (Å²) in [6.07, 6.45) is -3.17. The highest BCUT2D eigenvalue weighted by atomic mass is 19.4. The van der Waals surface area contributed by atoms with E-state index in [-0.39, 0.29) is 11.8 Å². The van der Waals surface area contributed by atoms with Crippen LogP contribution in [0.15, 0.2) is 66.7 Å². The quantitative estimate of drug-likeness (QED) is 0.450. The number of nitrogens with zero attached hydrogens (tertiary/aromatic N) is 1. The van der Waals surface area contributed by atoms with Gasteiger partial charge in [0.15, 0.2) is 0 Å². The predicted molar refractivity (Wildman–Crippen MR) is 130 cm³/mol. The second kappa shape index (κ2) is 9.94. The van der Waals surface area contributed by atoms with Crippen LogP contribution in [0.5, 0.6) is 0 Å². The molecule has 0 saturated carbocycles. The number of halogens is 3. The smallest absolute Gasteiger partial charge is 0.338 e. The van der Waals surface area contributed by atoms with E-state index in [1.54, 1.807) is 24.3 Å². The first kappa shape index (κ1) is 24.5. The number of nitrogens with one attached hydrogen (secondary N) is 1. The van der Waals surface area contributed by atoms with Crippen LogP contribution in [-0.2, 0) is 23.9 Å². The maximum atomic E-state index is 13.1. The van der Waals surface area contributed by atoms with Crippen LogP contribution >= 0.6 is 0 Å². The molecule has 0 unspecified atom stereocenters. The highest BCUT2D eigenvalue weighted by molar-refractivity contribution is 6.08. The zero-order valence-electron chi connectivity index (χ0n) is 19.7. The van der Waals surface area contributed by atoms with Gasteiger partial charge in [0.2, 0.25) is 5.91 Å². The van der Waals surface area contributed by atoms with Gasteiger partial charge in [0, 0.05) is 30.8 Å². The van der Waals surface area contributed by atoms with Crippen molar-refractivity contribution in [2.24, 2.45) is 5.92 Å². The molecule has 7 heteroatoms. The lowest BCUT2D eigenvalue weighted by Gasteiger charge is -2.30. The summed E-state index contributed by atoms with van der Waals surface area (Å²) in [6.45, 7) is 5.26. The van der Waals surface area contributed by atoms with Crippen molar-refractivity contribution in [1.82, 2.24) is 4.90 Å². The van der Waals surface area contributed by atoms with Crippen LogP contribution in [0.1, 0.15) is 47.3 Å². The Labute approximate surface area is 202 Å². The van der Waals surface area contributed by atoms with Gasteiger partial charge in [0.25, 0.3) is 5.91 Å². The van der Waals surface area contributed by atoms with Crippen LogP contribution in [0.25, 0.3) is 11.1 Å². The lowest BCUT2D eigenvalue weighted by Crippen LogP contribution is -2.36. The van der Waals surface area contributed by atoms with Gasteiger partial charge in [-0.2, -0.15) is 13.2 Å². The first-order chi connectivity index (χ1) is 16.6. The summed E-state index contributed by atoms with van der Waals surface area (Å²) in [7, 11) is 0. The van der Waals surface area contributed by atoms with Gasteiger partial charge in [-0.3, -0.25) is 9.59 Å². The molecule has 4 rings (SSSR count). The summed E-state index contributed by atoms with van der Waals surface area (Å²) < 4.78 is 38.8. The Hall–Kier alpha value is -3.61. The molecule has 182 valence electrons. The third kappa shape index (κ3) is 5.73. The Kier molecular flexibility index (Phi) is 6.96. The number of carbonyl (C=O) groups is 2. The van der Waals surface area contributed by atoms with Crippen molar-refractivity contribution in [2.45, 2.75) is 39.4 Å². The number of alkyl halides is 3. The fraction of sp³-hybridized carbons (Fsp3) is 0.286. The number of carbonyl (C=O) groups excluding carboxylic acids is 2. The molecule has 1 N–H and O–H groups in total. The van der Waals surface area contributed by atoms with E-state index in [9.17, 15) is 22.8 Å². The van der Waals surface area contributed by atoms with Crippen molar-refractivity contribution in [3.05, 3.63) is 89.0 Å². The summed E-state index contributed by atoms with van der Waals surface area (Å²) in [5, 5.41) is 2.91. The van der Waals surface area contributed by atoms with Gasteiger partial charge in [-0.1, -0.05) is 50.2 Å². The van der Waals surface area contributed by atoms with Gasteiger partial charge in [-0.05, 0) is 64.9 Å². The Morgan fingerprint density at radius 2 is 1.69 bits per heavy atom. The van der Waals surface area contributed by atoms with Crippen molar-refractivity contribution in [1.29, 1.82) is 0 Å². The fourth-order valence-electron chi connectivity index (χ4n) is 4.29. The third-order valence-electron chi connectivity index (χ3n) is 6.11. The van der Waals surface area contributed by atoms with Crippen LogP contribution in [0.4, 0.5) is 18.9 Å². The molecule has 1 heterocycles. The fourth-order valence-corrected chi connectivity index (χ4v) is 4.29. The van der Waals surface area contributed by atoms with E-state index < -0.39 is 11.7 Å². The van der Waals surface area contributed by atoms with E-state index >= 15 is 0 Å². The lowest BCUT2D eigenvalue weighted by molar-refractivity contribution is -0.137. The van der Waals surface area contributed by atoms with Gasteiger partial charge in [0.1, 0.15) is 0 Å². The second-order valence-electron chi connectivity index (χ2n) is 9.22. The molecule has 1 aliphatic rings. The number of fused-ring (bicyclic) bond motifs is 1. The van der Waals surface area contributed by atoms with Crippen LogP contribution in [0.3, 0.4) is 0 Å². The molecule has 4 nitrogen and oxygen atoms in total. The first-order valence-corrected chi connectivity index (χ1v) is 11.6. The molecule has 0 aromatic heterocycles. The summed E-state index contributed by atoms with van der Waals surface area (Å²) in [5.41, 5.74) is 3.51. The molecule has 3 aromatic carbocycles. The molecule has 0 atom stereocenters. The van der Waals surface area contributed by atoms with Crippen molar-refractivity contribution < 1.29 is 22.8 Å². The number of anilines is 1. The minimum Gasteiger partial charge on any atom is -0.338 e. The average Bonchev–Trinajstić information content (AvgIpc) is 2.83. The highest BCUT2D eigenvalue weighted by Gasteiger charge is 2.30. The number of amides is 2. The summed E-state index contributed by atoms with van der Waals surface area (Å²) >= 11 is 0. The monoisotopic (exact) mass is 480 g/mol. The van der Waals surface area contributed by atoms with E-state index in [2.05, 4.69) is 5.32 Å². The molecule has 0 aliphatic carbocycles. The van der Waals surface area contributed by atoms with E-state index in [0.717, 1.165) is 23.3 Å². The first-order valence-electron chi connectivity index (χ1n) is 11.6. The predicted octanol–water partition coefficient (Wildman–Crippen LogP) is 6.56. The second-order valence-corrected chi connectivity index (χ2v) is 9.22. The van der Waals surface area contributed by atoms with Crippen LogP contribution in [0.2, 0.25) is 0 Å². The van der Waals surface area contributed by atoms with Crippen molar-refractivity contribution >= 4 is 17.5 Å². The average molecular weight is 481 g/mol. The van der Waals surface area contributed by atoms with Gasteiger partial charge in [-0.25, -0.2) is 0 Å². The molecule has 0 radical (unpaired) electrons. The van der Waals surface area contributed by atoms with Crippen molar-refractivity contribution in [2.75, 3.05) is 11.9 Å². The van der Waals surface area contributed by atoms with E-state index in [1.807, 2.05) is 36.9 Å². The molecular formula is C28H27F3N2O2. The molecule has 2 amide bonds. The summed E-state index contributed by atoms with van der Waals surface area (Å²) in [5.74, 6) is 0.125. The molecule has 1 aliphatic heterocycles. The van der Waals surface area contributed by atoms with Gasteiger partial charge in [0.05, 0.1) is 5.56 Å². The zero-order valence-corrected chi connectivity index (χ0v) is 19.7. The van der Waals surface area contributed by atoms with Crippen molar-refractivity contribution in [3.63, 3.8) is 0 Å². The highest BCUT2D eigenvalue weighted by Crippen LogP contribution is 2.32.